The lowest BCUT2D eigenvalue weighted by Crippen LogP contribution is -2.11. The van der Waals surface area contributed by atoms with Gasteiger partial charge in [0.15, 0.2) is 11.5 Å². The molecule has 1 aliphatic carbocycles. The second-order valence-corrected chi connectivity index (χ2v) is 5.13. The van der Waals surface area contributed by atoms with Gasteiger partial charge in [-0.15, -0.1) is 0 Å². The highest BCUT2D eigenvalue weighted by atomic mass is 16.5. The lowest BCUT2D eigenvalue weighted by Gasteiger charge is -2.08. The van der Waals surface area contributed by atoms with Gasteiger partial charge in [-0.1, -0.05) is 5.16 Å². The van der Waals surface area contributed by atoms with E-state index in [1.54, 1.807) is 26.4 Å². The summed E-state index contributed by atoms with van der Waals surface area (Å²) in [5.74, 6) is 2.21. The highest BCUT2D eigenvalue weighted by Crippen LogP contribution is 2.35. The molecule has 6 heteroatoms. The van der Waals surface area contributed by atoms with Gasteiger partial charge in [-0.25, -0.2) is 0 Å². The summed E-state index contributed by atoms with van der Waals surface area (Å²) in [6.45, 7) is 0. The first-order valence-electron chi connectivity index (χ1n) is 6.97. The topological polar surface area (TPSA) is 77.6 Å². The minimum atomic E-state index is -0.385. The smallest absolute Gasteiger partial charge is 0.232 e. The maximum absolute atomic E-state index is 9.91. The third-order valence-corrected chi connectivity index (χ3v) is 3.88. The Bertz CT molecular complexity index is 626. The molecule has 1 aromatic heterocycles. The molecule has 1 fully saturated rings. The molecule has 1 aliphatic rings. The Labute approximate surface area is 122 Å². The van der Waals surface area contributed by atoms with E-state index < -0.39 is 0 Å². The molecule has 6 nitrogen and oxygen atoms in total. The molecule has 0 amide bonds. The molecule has 21 heavy (non-hydrogen) atoms. The van der Waals surface area contributed by atoms with Gasteiger partial charge in [0.25, 0.3) is 0 Å². The molecule has 3 rings (SSSR count). The first kappa shape index (κ1) is 13.9. The van der Waals surface area contributed by atoms with Crippen molar-refractivity contribution in [1.82, 2.24) is 10.1 Å². The molecule has 0 radical (unpaired) electrons. The van der Waals surface area contributed by atoms with Crippen LogP contribution in [-0.2, 0) is 0 Å². The van der Waals surface area contributed by atoms with Crippen LogP contribution < -0.4 is 9.47 Å². The molecule has 1 heterocycles. The number of aliphatic hydroxyl groups excluding tert-OH is 1. The Kier molecular flexibility index (Phi) is 3.79. The van der Waals surface area contributed by atoms with Gasteiger partial charge in [-0.3, -0.25) is 0 Å². The first-order valence-corrected chi connectivity index (χ1v) is 6.97. The number of aliphatic hydroxyl groups is 1. The van der Waals surface area contributed by atoms with Gasteiger partial charge >= 0.3 is 0 Å². The fourth-order valence-electron chi connectivity index (χ4n) is 2.71. The number of methoxy groups -OCH3 is 2. The number of benzene rings is 1. The molecule has 112 valence electrons. The number of hydrogen-bond donors (Lipinski definition) is 1. The molecule has 0 saturated heterocycles. The van der Waals surface area contributed by atoms with E-state index in [0.29, 0.717) is 23.2 Å². The molecule has 2 atom stereocenters. The molecule has 0 spiro atoms. The van der Waals surface area contributed by atoms with E-state index in [9.17, 15) is 5.11 Å². The minimum Gasteiger partial charge on any atom is -0.493 e. The largest absolute Gasteiger partial charge is 0.493 e. The van der Waals surface area contributed by atoms with E-state index in [-0.39, 0.29) is 12.0 Å². The van der Waals surface area contributed by atoms with Crippen molar-refractivity contribution in [2.24, 2.45) is 0 Å². The van der Waals surface area contributed by atoms with E-state index in [2.05, 4.69) is 10.1 Å². The molecule has 1 saturated carbocycles. The summed E-state index contributed by atoms with van der Waals surface area (Å²) < 4.78 is 15.8. The second-order valence-electron chi connectivity index (χ2n) is 5.13. The van der Waals surface area contributed by atoms with Crippen molar-refractivity contribution in [3.8, 4) is 22.9 Å². The van der Waals surface area contributed by atoms with Crippen molar-refractivity contribution in [1.29, 1.82) is 0 Å². The highest BCUT2D eigenvalue weighted by molar-refractivity contribution is 5.60. The summed E-state index contributed by atoms with van der Waals surface area (Å²) in [4.78, 5) is 4.41. The molecular formula is C15H18N2O4. The maximum Gasteiger partial charge on any atom is 0.232 e. The van der Waals surface area contributed by atoms with E-state index in [0.717, 1.165) is 24.8 Å². The zero-order valence-electron chi connectivity index (χ0n) is 12.1. The van der Waals surface area contributed by atoms with Crippen LogP contribution in [0.15, 0.2) is 22.7 Å². The lowest BCUT2D eigenvalue weighted by molar-refractivity contribution is 0.148. The summed E-state index contributed by atoms with van der Waals surface area (Å²) in [6, 6.07) is 5.45. The van der Waals surface area contributed by atoms with Crippen molar-refractivity contribution in [3.05, 3.63) is 24.1 Å². The van der Waals surface area contributed by atoms with Crippen LogP contribution in [0.1, 0.15) is 31.1 Å². The van der Waals surface area contributed by atoms with Crippen LogP contribution in [0.25, 0.3) is 11.4 Å². The molecule has 2 unspecified atom stereocenters. The van der Waals surface area contributed by atoms with E-state index in [4.69, 9.17) is 14.0 Å². The monoisotopic (exact) mass is 290 g/mol. The van der Waals surface area contributed by atoms with Crippen molar-refractivity contribution >= 4 is 0 Å². The number of rotatable bonds is 4. The third kappa shape index (κ3) is 2.58. The summed E-state index contributed by atoms with van der Waals surface area (Å²) >= 11 is 0. The Morgan fingerprint density at radius 2 is 2.00 bits per heavy atom. The van der Waals surface area contributed by atoms with E-state index >= 15 is 0 Å². The van der Waals surface area contributed by atoms with Gasteiger partial charge in [0.2, 0.25) is 11.7 Å². The predicted molar refractivity (Wildman–Crippen MR) is 75.4 cm³/mol. The van der Waals surface area contributed by atoms with Crippen LogP contribution >= 0.6 is 0 Å². The summed E-state index contributed by atoms with van der Waals surface area (Å²) in [5, 5.41) is 13.9. The second kappa shape index (κ2) is 5.73. The van der Waals surface area contributed by atoms with Gasteiger partial charge in [-0.05, 0) is 37.5 Å². The van der Waals surface area contributed by atoms with Crippen molar-refractivity contribution in [3.63, 3.8) is 0 Å². The average Bonchev–Trinajstić information content (AvgIpc) is 3.15. The van der Waals surface area contributed by atoms with Gasteiger partial charge in [0, 0.05) is 5.56 Å². The quantitative estimate of drug-likeness (QED) is 0.931. The fraction of sp³-hybridized carbons (Fsp3) is 0.467. The standard InChI is InChI=1S/C15H18N2O4/c1-19-12-7-6-9(8-13(12)20-2)14-16-15(21-17-14)10-4-3-5-11(10)18/h6-8,10-11,18H,3-5H2,1-2H3. The van der Waals surface area contributed by atoms with Crippen LogP contribution in [-0.4, -0.2) is 35.6 Å². The molecule has 1 aromatic carbocycles. The minimum absolute atomic E-state index is 0.0496. The van der Waals surface area contributed by atoms with Gasteiger partial charge < -0.3 is 19.1 Å². The molecule has 0 aliphatic heterocycles. The zero-order chi connectivity index (χ0) is 14.8. The zero-order valence-corrected chi connectivity index (χ0v) is 12.1. The van der Waals surface area contributed by atoms with Crippen LogP contribution in [0.2, 0.25) is 0 Å². The van der Waals surface area contributed by atoms with Crippen molar-refractivity contribution in [2.75, 3.05) is 14.2 Å². The van der Waals surface area contributed by atoms with Crippen LogP contribution in [0.3, 0.4) is 0 Å². The SMILES string of the molecule is COc1ccc(-c2noc(C3CCCC3O)n2)cc1OC. The Hall–Kier alpha value is -2.08. The Balaban J connectivity index is 1.89. The Morgan fingerprint density at radius 3 is 2.67 bits per heavy atom. The first-order chi connectivity index (χ1) is 10.2. The van der Waals surface area contributed by atoms with Gasteiger partial charge in [0.05, 0.1) is 26.2 Å². The van der Waals surface area contributed by atoms with E-state index in [1.165, 1.54) is 0 Å². The van der Waals surface area contributed by atoms with Crippen molar-refractivity contribution < 1.29 is 19.1 Å². The summed E-state index contributed by atoms with van der Waals surface area (Å²) in [5.41, 5.74) is 0.787. The van der Waals surface area contributed by atoms with Crippen LogP contribution in [0.4, 0.5) is 0 Å². The number of nitrogens with zero attached hydrogens (tertiary/aromatic N) is 2. The lowest BCUT2D eigenvalue weighted by atomic mass is 10.1. The van der Waals surface area contributed by atoms with Crippen LogP contribution in [0.5, 0.6) is 11.5 Å². The van der Waals surface area contributed by atoms with E-state index in [1.807, 2.05) is 6.07 Å². The predicted octanol–water partition coefficient (Wildman–Crippen LogP) is 2.38. The van der Waals surface area contributed by atoms with Gasteiger partial charge in [-0.2, -0.15) is 4.98 Å². The third-order valence-electron chi connectivity index (χ3n) is 3.88. The molecule has 1 N–H and O–H groups in total. The molecular weight excluding hydrogens is 272 g/mol. The fourth-order valence-corrected chi connectivity index (χ4v) is 2.71. The van der Waals surface area contributed by atoms with Crippen molar-refractivity contribution in [2.45, 2.75) is 31.3 Å². The normalized spacial score (nSPS) is 21.5. The Morgan fingerprint density at radius 1 is 1.19 bits per heavy atom. The number of ether oxygens (including phenoxy) is 2. The number of hydrogen-bond acceptors (Lipinski definition) is 6. The number of aromatic nitrogens is 2. The molecule has 2 aromatic rings. The van der Waals surface area contributed by atoms with Crippen LogP contribution in [0, 0.1) is 0 Å². The molecule has 0 bridgehead atoms. The summed E-state index contributed by atoms with van der Waals surface area (Å²) in [6.07, 6.45) is 2.27. The maximum atomic E-state index is 9.91. The summed E-state index contributed by atoms with van der Waals surface area (Å²) in [7, 11) is 3.17. The van der Waals surface area contributed by atoms with Gasteiger partial charge in [0.1, 0.15) is 0 Å². The highest BCUT2D eigenvalue weighted by Gasteiger charge is 2.31. The average molecular weight is 290 g/mol.